The van der Waals surface area contributed by atoms with Crippen molar-refractivity contribution in [1.82, 2.24) is 0 Å². The lowest BCUT2D eigenvalue weighted by Gasteiger charge is -2.42. The van der Waals surface area contributed by atoms with E-state index in [1.54, 1.807) is 5.19 Å². The van der Waals surface area contributed by atoms with Gasteiger partial charge in [-0.05, 0) is 37.0 Å². The van der Waals surface area contributed by atoms with Gasteiger partial charge in [-0.1, -0.05) is 76.0 Å². The smallest absolute Gasteiger partial charge is 0.0167 e. The van der Waals surface area contributed by atoms with Crippen LogP contribution in [0.25, 0.3) is 0 Å². The average Bonchev–Trinajstić information content (AvgIpc) is 2.57. The Morgan fingerprint density at radius 3 is 1.77 bits per heavy atom. The summed E-state index contributed by atoms with van der Waals surface area (Å²) in [6.07, 6.45) is 15.0. The first-order valence-corrected chi connectivity index (χ1v) is 13.4. The highest BCUT2D eigenvalue weighted by Gasteiger charge is 2.32. The molecule has 2 saturated carbocycles. The van der Waals surface area contributed by atoms with Crippen molar-refractivity contribution >= 4 is 27.2 Å². The molecule has 0 atom stereocenters. The topological polar surface area (TPSA) is 0 Å². The molecule has 0 aromatic heterocycles. The molecule has 0 nitrogen and oxygen atoms in total. The predicted molar refractivity (Wildman–Crippen MR) is 104 cm³/mol. The maximum Gasteiger partial charge on any atom is -0.0167 e. The number of hydrogen-bond acceptors (Lipinski definition) is 0. The van der Waals surface area contributed by atoms with Crippen molar-refractivity contribution in [2.24, 2.45) is 0 Å². The molecule has 2 aliphatic carbocycles. The summed E-state index contributed by atoms with van der Waals surface area (Å²) in [5.41, 5.74) is 2.07. The van der Waals surface area contributed by atoms with Crippen LogP contribution in [-0.2, 0) is 0 Å². The van der Waals surface area contributed by atoms with Gasteiger partial charge < -0.3 is 0 Å². The van der Waals surface area contributed by atoms with E-state index in [-0.39, 0.29) is 16.7 Å². The second-order valence-electron chi connectivity index (χ2n) is 7.51. The minimum atomic E-state index is -0.346. The fourth-order valence-corrected chi connectivity index (χ4v) is 10.5. The van der Waals surface area contributed by atoms with Gasteiger partial charge in [-0.2, -0.15) is 18.3 Å². The van der Waals surface area contributed by atoms with Crippen LogP contribution in [-0.4, -0.2) is 20.1 Å². The Morgan fingerprint density at radius 2 is 1.27 bits per heavy atom. The monoisotopic (exact) mass is 331 g/mol. The van der Waals surface area contributed by atoms with Crippen LogP contribution in [0.5, 0.6) is 0 Å². The molecule has 0 saturated heterocycles. The van der Waals surface area contributed by atoms with Crippen LogP contribution < -0.4 is 10.5 Å². The number of rotatable bonds is 4. The zero-order chi connectivity index (χ0) is 15.4. The van der Waals surface area contributed by atoms with Gasteiger partial charge in [0.2, 0.25) is 0 Å². The third kappa shape index (κ3) is 3.85. The molecule has 0 radical (unpaired) electrons. The van der Waals surface area contributed by atoms with Crippen molar-refractivity contribution in [2.75, 3.05) is 0 Å². The summed E-state index contributed by atoms with van der Waals surface area (Å²) in [7, 11) is -0.265. The van der Waals surface area contributed by atoms with E-state index < -0.39 is 0 Å². The highest BCUT2D eigenvalue weighted by molar-refractivity contribution is 7.67. The van der Waals surface area contributed by atoms with Crippen molar-refractivity contribution in [2.45, 2.75) is 88.6 Å². The Kier molecular flexibility index (Phi) is 6.16. The Balaban J connectivity index is 1.93. The van der Waals surface area contributed by atoms with E-state index in [9.17, 15) is 0 Å². The summed E-state index contributed by atoms with van der Waals surface area (Å²) < 4.78 is 0. The molecular weight excluding hydrogens is 299 g/mol. The summed E-state index contributed by atoms with van der Waals surface area (Å²) >= 11 is 0. The number of benzene rings is 1. The lowest BCUT2D eigenvalue weighted by molar-refractivity contribution is 0.487. The van der Waals surface area contributed by atoms with Crippen LogP contribution in [0.15, 0.2) is 24.3 Å². The molecule has 0 spiro atoms. The zero-order valence-electron chi connectivity index (χ0n) is 14.5. The first kappa shape index (κ1) is 16.7. The summed E-state index contributed by atoms with van der Waals surface area (Å²) in [4.78, 5) is 0. The van der Waals surface area contributed by atoms with Gasteiger partial charge >= 0.3 is 0 Å². The van der Waals surface area contributed by atoms with E-state index >= 15 is 0 Å². The van der Waals surface area contributed by atoms with Crippen LogP contribution in [0.3, 0.4) is 0 Å². The van der Waals surface area contributed by atoms with Gasteiger partial charge in [-0.25, -0.2) is 0 Å². The fourth-order valence-electron chi connectivity index (χ4n) is 4.53. The lowest BCUT2D eigenvalue weighted by Crippen LogP contribution is -2.39. The third-order valence-electron chi connectivity index (χ3n) is 5.66. The van der Waals surface area contributed by atoms with Gasteiger partial charge in [0.15, 0.2) is 0 Å². The minimum absolute atomic E-state index is 0.0801. The van der Waals surface area contributed by atoms with Gasteiger partial charge in [0, 0.05) is 0 Å². The van der Waals surface area contributed by atoms with Crippen molar-refractivity contribution < 1.29 is 0 Å². The average molecular weight is 332 g/mol. The van der Waals surface area contributed by atoms with E-state index in [2.05, 4.69) is 37.4 Å². The standard InChI is InChI=1S/C20H32PSi/c1-22(2)20-16-10-9-15-19(20)21(17-11-5-3-6-12-17)18-13-7-4-8-14-18/h9-10,15-18H,3-8,11-14H2,1-2H3/q-1. The maximum absolute atomic E-state index is 2.53. The Morgan fingerprint density at radius 1 is 0.773 bits per heavy atom. The molecule has 0 amide bonds. The predicted octanol–water partition coefficient (Wildman–Crippen LogP) is 5.42. The SMILES string of the molecule is C[Si-](C)c1ccccc1P(C1CCCCC1)C1CCCCC1. The van der Waals surface area contributed by atoms with Gasteiger partial charge in [-0.15, -0.1) is 0 Å². The van der Waals surface area contributed by atoms with Gasteiger partial charge in [-0.3, -0.25) is 8.80 Å². The van der Waals surface area contributed by atoms with E-state index in [0.29, 0.717) is 0 Å². The van der Waals surface area contributed by atoms with Crippen molar-refractivity contribution in [3.63, 3.8) is 0 Å². The summed E-state index contributed by atoms with van der Waals surface area (Å²) in [6, 6.07) is 9.60. The normalized spacial score (nSPS) is 21.2. The molecular formula is C20H32PSi-. The minimum Gasteiger partial charge on any atom is -0.291 e. The largest absolute Gasteiger partial charge is 0.291 e. The van der Waals surface area contributed by atoms with Crippen LogP contribution in [0.1, 0.15) is 64.2 Å². The van der Waals surface area contributed by atoms with Gasteiger partial charge in [0.05, 0.1) is 0 Å². The first-order chi connectivity index (χ1) is 10.8. The molecule has 0 N–H and O–H groups in total. The Hall–Kier alpha value is -0.133. The molecule has 0 bridgehead atoms. The molecule has 2 heteroatoms. The van der Waals surface area contributed by atoms with Crippen molar-refractivity contribution in [1.29, 1.82) is 0 Å². The Labute approximate surface area is 140 Å². The lowest BCUT2D eigenvalue weighted by atomic mass is 9.99. The van der Waals surface area contributed by atoms with Crippen molar-refractivity contribution in [3.8, 4) is 0 Å². The summed E-state index contributed by atoms with van der Waals surface area (Å²) in [6.45, 7) is 4.97. The quantitative estimate of drug-likeness (QED) is 0.510. The van der Waals surface area contributed by atoms with E-state index in [1.165, 1.54) is 64.2 Å². The molecule has 122 valence electrons. The van der Waals surface area contributed by atoms with Crippen LogP contribution in [0.2, 0.25) is 13.1 Å². The molecule has 1 aromatic rings. The van der Waals surface area contributed by atoms with E-state index in [4.69, 9.17) is 0 Å². The second-order valence-corrected chi connectivity index (χ2v) is 12.8. The molecule has 2 fully saturated rings. The van der Waals surface area contributed by atoms with Gasteiger partial charge in [0.25, 0.3) is 0 Å². The molecule has 1 aromatic carbocycles. The van der Waals surface area contributed by atoms with Crippen LogP contribution in [0, 0.1) is 0 Å². The van der Waals surface area contributed by atoms with Gasteiger partial charge in [0.1, 0.15) is 0 Å². The molecule has 2 aliphatic rings. The number of hydrogen-bond donors (Lipinski definition) is 0. The fraction of sp³-hybridized carbons (Fsp3) is 0.700. The molecule has 0 aliphatic heterocycles. The third-order valence-corrected chi connectivity index (χ3v) is 10.9. The van der Waals surface area contributed by atoms with Crippen LogP contribution >= 0.6 is 7.92 Å². The van der Waals surface area contributed by atoms with Crippen LogP contribution in [0.4, 0.5) is 0 Å². The highest BCUT2D eigenvalue weighted by atomic mass is 31.1. The maximum atomic E-state index is 2.53. The molecule has 0 heterocycles. The second kappa shape index (κ2) is 8.11. The molecule has 3 rings (SSSR count). The molecule has 0 unspecified atom stereocenters. The van der Waals surface area contributed by atoms with E-state index in [1.807, 2.05) is 5.30 Å². The summed E-state index contributed by atoms with van der Waals surface area (Å²) in [5, 5.41) is 3.59. The Bertz CT molecular complexity index is 441. The highest BCUT2D eigenvalue weighted by Crippen LogP contribution is 2.54. The molecule has 22 heavy (non-hydrogen) atoms. The van der Waals surface area contributed by atoms with Crippen molar-refractivity contribution in [3.05, 3.63) is 24.3 Å². The zero-order valence-corrected chi connectivity index (χ0v) is 16.4. The van der Waals surface area contributed by atoms with E-state index in [0.717, 1.165) is 11.3 Å². The first-order valence-electron chi connectivity index (χ1n) is 9.45. The summed E-state index contributed by atoms with van der Waals surface area (Å²) in [5.74, 6) is 0.